The van der Waals surface area contributed by atoms with Crippen LogP contribution < -0.4 is 4.74 Å². The van der Waals surface area contributed by atoms with E-state index in [2.05, 4.69) is 5.10 Å². The smallest absolute Gasteiger partial charge is 0.157 e. The minimum Gasteiger partial charge on any atom is -0.487 e. The second-order valence-electron chi connectivity index (χ2n) is 3.59. The van der Waals surface area contributed by atoms with E-state index in [1.807, 2.05) is 0 Å². The van der Waals surface area contributed by atoms with E-state index in [0.29, 0.717) is 12.6 Å². The summed E-state index contributed by atoms with van der Waals surface area (Å²) in [7, 11) is 0. The topological polar surface area (TPSA) is 44.1 Å². The molecule has 0 radical (unpaired) electrons. The van der Waals surface area contributed by atoms with Crippen molar-refractivity contribution in [3.8, 4) is 5.75 Å². The fraction of sp³-hybridized carbons (Fsp3) is 0.600. The van der Waals surface area contributed by atoms with E-state index in [1.54, 1.807) is 17.1 Å². The third kappa shape index (κ3) is 2.13. The molecule has 1 saturated carbocycles. The number of carbonyl (C=O) groups excluding carboxylic acids is 1. The molecular formula is C10H14N2O2. The highest BCUT2D eigenvalue weighted by Gasteiger charge is 2.16. The Kier molecular flexibility index (Phi) is 2.81. The maximum absolute atomic E-state index is 10.2. The van der Waals surface area contributed by atoms with Crippen LogP contribution in [0, 0.1) is 0 Å². The maximum atomic E-state index is 10.2. The molecule has 14 heavy (non-hydrogen) atoms. The standard InChI is InChI=1S/C10H14N2O2/c13-6-5-12-8-10(7-11-12)14-9-3-1-2-4-9/h6-9H,1-5H2. The first kappa shape index (κ1) is 9.24. The molecule has 4 nitrogen and oxygen atoms in total. The maximum Gasteiger partial charge on any atom is 0.157 e. The zero-order valence-corrected chi connectivity index (χ0v) is 8.06. The lowest BCUT2D eigenvalue weighted by molar-refractivity contribution is -0.108. The normalized spacial score (nSPS) is 17.1. The molecule has 1 aliphatic rings. The Hall–Kier alpha value is -1.32. The van der Waals surface area contributed by atoms with Crippen molar-refractivity contribution in [2.24, 2.45) is 0 Å². The van der Waals surface area contributed by atoms with Crippen LogP contribution in [0.5, 0.6) is 5.75 Å². The van der Waals surface area contributed by atoms with Crippen LogP contribution >= 0.6 is 0 Å². The molecular weight excluding hydrogens is 180 g/mol. The van der Waals surface area contributed by atoms with Crippen molar-refractivity contribution in [3.05, 3.63) is 12.4 Å². The number of carbonyl (C=O) groups is 1. The zero-order chi connectivity index (χ0) is 9.80. The molecule has 1 aliphatic carbocycles. The van der Waals surface area contributed by atoms with Crippen LogP contribution in [0.4, 0.5) is 0 Å². The summed E-state index contributed by atoms with van der Waals surface area (Å²) in [6, 6.07) is 0. The van der Waals surface area contributed by atoms with Gasteiger partial charge in [-0.3, -0.25) is 4.68 Å². The average Bonchev–Trinajstić information content (AvgIpc) is 2.79. The number of hydrogen-bond acceptors (Lipinski definition) is 3. The fourth-order valence-electron chi connectivity index (χ4n) is 1.78. The Morgan fingerprint density at radius 1 is 1.57 bits per heavy atom. The van der Waals surface area contributed by atoms with Gasteiger partial charge in [0.25, 0.3) is 0 Å². The van der Waals surface area contributed by atoms with Crippen LogP contribution in [0.15, 0.2) is 12.4 Å². The Morgan fingerprint density at radius 3 is 3.07 bits per heavy atom. The van der Waals surface area contributed by atoms with Crippen LogP contribution in [0.2, 0.25) is 0 Å². The van der Waals surface area contributed by atoms with Crippen molar-refractivity contribution in [1.82, 2.24) is 9.78 Å². The van der Waals surface area contributed by atoms with Crippen LogP contribution in [0.25, 0.3) is 0 Å². The third-order valence-corrected chi connectivity index (χ3v) is 2.48. The molecule has 0 saturated heterocycles. The van der Waals surface area contributed by atoms with Gasteiger partial charge in [-0.2, -0.15) is 5.10 Å². The van der Waals surface area contributed by atoms with Crippen LogP contribution in [0.3, 0.4) is 0 Å². The van der Waals surface area contributed by atoms with Gasteiger partial charge in [0.2, 0.25) is 0 Å². The van der Waals surface area contributed by atoms with Crippen molar-refractivity contribution in [2.75, 3.05) is 0 Å². The van der Waals surface area contributed by atoms with E-state index in [0.717, 1.165) is 24.9 Å². The molecule has 1 aromatic rings. The van der Waals surface area contributed by atoms with Gasteiger partial charge in [0.15, 0.2) is 5.75 Å². The van der Waals surface area contributed by atoms with Crippen LogP contribution in [0.1, 0.15) is 25.7 Å². The van der Waals surface area contributed by atoms with E-state index in [9.17, 15) is 4.79 Å². The number of aldehydes is 1. The molecule has 76 valence electrons. The van der Waals surface area contributed by atoms with Gasteiger partial charge < -0.3 is 9.53 Å². The number of nitrogens with zero attached hydrogens (tertiary/aromatic N) is 2. The zero-order valence-electron chi connectivity index (χ0n) is 8.06. The first-order chi connectivity index (χ1) is 6.88. The van der Waals surface area contributed by atoms with E-state index in [4.69, 9.17) is 4.74 Å². The van der Waals surface area contributed by atoms with Crippen LogP contribution in [-0.2, 0) is 11.3 Å². The summed E-state index contributed by atoms with van der Waals surface area (Å²) in [5, 5.41) is 4.01. The highest BCUT2D eigenvalue weighted by molar-refractivity contribution is 5.48. The third-order valence-electron chi connectivity index (χ3n) is 2.48. The largest absolute Gasteiger partial charge is 0.487 e. The van der Waals surface area contributed by atoms with Crippen LogP contribution in [-0.4, -0.2) is 22.2 Å². The predicted octanol–water partition coefficient (Wildman–Crippen LogP) is 1.40. The summed E-state index contributed by atoms with van der Waals surface area (Å²) in [5.74, 6) is 0.777. The number of hydrogen-bond donors (Lipinski definition) is 0. The van der Waals surface area contributed by atoms with Crippen molar-refractivity contribution in [1.29, 1.82) is 0 Å². The Morgan fingerprint density at radius 2 is 2.36 bits per heavy atom. The summed E-state index contributed by atoms with van der Waals surface area (Å²) in [5.41, 5.74) is 0. The second kappa shape index (κ2) is 4.26. The van der Waals surface area contributed by atoms with Gasteiger partial charge >= 0.3 is 0 Å². The lowest BCUT2D eigenvalue weighted by Gasteiger charge is -2.09. The molecule has 0 atom stereocenters. The van der Waals surface area contributed by atoms with Gasteiger partial charge in [0.1, 0.15) is 6.29 Å². The average molecular weight is 194 g/mol. The van der Waals surface area contributed by atoms with Crippen molar-refractivity contribution in [3.63, 3.8) is 0 Å². The Labute approximate surface area is 82.9 Å². The summed E-state index contributed by atoms with van der Waals surface area (Å²) >= 11 is 0. The molecule has 0 aliphatic heterocycles. The van der Waals surface area contributed by atoms with Gasteiger partial charge in [0.05, 0.1) is 25.0 Å². The highest BCUT2D eigenvalue weighted by atomic mass is 16.5. The number of rotatable bonds is 4. The highest BCUT2D eigenvalue weighted by Crippen LogP contribution is 2.23. The molecule has 1 fully saturated rings. The van der Waals surface area contributed by atoms with Crippen molar-refractivity contribution >= 4 is 6.29 Å². The predicted molar refractivity (Wildman–Crippen MR) is 51.2 cm³/mol. The van der Waals surface area contributed by atoms with Gasteiger partial charge in [-0.1, -0.05) is 0 Å². The molecule has 2 rings (SSSR count). The van der Waals surface area contributed by atoms with Crippen molar-refractivity contribution < 1.29 is 9.53 Å². The van der Waals surface area contributed by atoms with Gasteiger partial charge in [-0.25, -0.2) is 0 Å². The quantitative estimate of drug-likeness (QED) is 0.680. The second-order valence-corrected chi connectivity index (χ2v) is 3.59. The van der Waals surface area contributed by atoms with E-state index >= 15 is 0 Å². The minimum atomic E-state index is 0.300. The molecule has 0 aromatic carbocycles. The molecule has 1 heterocycles. The summed E-state index contributed by atoms with van der Waals surface area (Å²) < 4.78 is 7.28. The first-order valence-electron chi connectivity index (χ1n) is 5.01. The number of aromatic nitrogens is 2. The lowest BCUT2D eigenvalue weighted by atomic mass is 10.3. The van der Waals surface area contributed by atoms with E-state index in [1.165, 1.54) is 12.8 Å². The molecule has 0 N–H and O–H groups in total. The monoisotopic (exact) mass is 194 g/mol. The molecule has 0 unspecified atom stereocenters. The summed E-state index contributed by atoms with van der Waals surface area (Å²) in [4.78, 5) is 10.2. The molecule has 0 spiro atoms. The lowest BCUT2D eigenvalue weighted by Crippen LogP contribution is -2.10. The molecule has 4 heteroatoms. The van der Waals surface area contributed by atoms with Gasteiger partial charge in [-0.05, 0) is 25.7 Å². The summed E-state index contributed by atoms with van der Waals surface area (Å²) in [6.45, 7) is 0.300. The minimum absolute atomic E-state index is 0.300. The molecule has 0 amide bonds. The fourth-order valence-corrected chi connectivity index (χ4v) is 1.78. The van der Waals surface area contributed by atoms with Gasteiger partial charge in [-0.15, -0.1) is 0 Å². The van der Waals surface area contributed by atoms with Crippen molar-refractivity contribution in [2.45, 2.75) is 38.3 Å². The van der Waals surface area contributed by atoms with E-state index in [-0.39, 0.29) is 0 Å². The number of ether oxygens (including phenoxy) is 1. The Balaban J connectivity index is 1.91. The SMILES string of the molecule is O=CCn1cc(OC2CCCC2)cn1. The van der Waals surface area contributed by atoms with E-state index < -0.39 is 0 Å². The molecule has 0 bridgehead atoms. The summed E-state index contributed by atoms with van der Waals surface area (Å²) in [6.07, 6.45) is 9.41. The first-order valence-corrected chi connectivity index (χ1v) is 5.01. The Bertz CT molecular complexity index is 303. The molecule has 1 aromatic heterocycles. The van der Waals surface area contributed by atoms with Gasteiger partial charge in [0, 0.05) is 0 Å².